The van der Waals surface area contributed by atoms with Crippen molar-refractivity contribution in [1.82, 2.24) is 5.32 Å². The summed E-state index contributed by atoms with van der Waals surface area (Å²) in [7, 11) is 0. The number of nitrogens with one attached hydrogen (secondary N) is 1. The van der Waals surface area contributed by atoms with E-state index in [1.807, 2.05) is 0 Å². The minimum Gasteiger partial charge on any atom is -0.456 e. The summed E-state index contributed by atoms with van der Waals surface area (Å²) in [5.41, 5.74) is 0.202. The van der Waals surface area contributed by atoms with E-state index in [1.165, 1.54) is 6.92 Å². The van der Waals surface area contributed by atoms with Crippen LogP contribution >= 0.6 is 23.2 Å². The molecule has 1 aromatic heterocycles. The summed E-state index contributed by atoms with van der Waals surface area (Å²) in [4.78, 5) is 11.9. The lowest BCUT2D eigenvalue weighted by Crippen LogP contribution is -2.27. The molecule has 0 saturated heterocycles. The van der Waals surface area contributed by atoms with Gasteiger partial charge in [0.25, 0.3) is 5.91 Å². The molecule has 0 aliphatic carbocycles. The quantitative estimate of drug-likeness (QED) is 0.838. The Morgan fingerprint density at radius 2 is 1.96 bits per heavy atom. The predicted octanol–water partition coefficient (Wildman–Crippen LogP) is 4.89. The molecule has 2 rings (SSSR count). The Hall–Kier alpha value is -1.66. The molecule has 23 heavy (non-hydrogen) atoms. The van der Waals surface area contributed by atoms with Gasteiger partial charge in [0.15, 0.2) is 0 Å². The average Bonchev–Trinajstić information content (AvgIpc) is 2.83. The SMILES string of the molecule is Cc1cc(C(=O)NCCc2ccc(Cl)cc2Cl)c(C(F)(F)F)o1. The minimum absolute atomic E-state index is 0.0169. The molecular weight excluding hydrogens is 354 g/mol. The van der Waals surface area contributed by atoms with E-state index in [4.69, 9.17) is 23.2 Å². The molecule has 0 bridgehead atoms. The van der Waals surface area contributed by atoms with Gasteiger partial charge in [0.2, 0.25) is 5.76 Å². The van der Waals surface area contributed by atoms with Crippen LogP contribution in [0.25, 0.3) is 0 Å². The Kier molecular flexibility index (Phi) is 5.26. The molecule has 8 heteroatoms. The molecule has 0 aliphatic heterocycles. The van der Waals surface area contributed by atoms with Crippen molar-refractivity contribution in [2.24, 2.45) is 0 Å². The zero-order chi connectivity index (χ0) is 17.2. The first-order chi connectivity index (χ1) is 10.7. The highest BCUT2D eigenvalue weighted by Gasteiger charge is 2.39. The van der Waals surface area contributed by atoms with Gasteiger partial charge in [0.05, 0.1) is 5.56 Å². The molecule has 0 saturated carbocycles. The van der Waals surface area contributed by atoms with E-state index in [0.29, 0.717) is 16.5 Å². The number of hydrogen-bond donors (Lipinski definition) is 1. The monoisotopic (exact) mass is 365 g/mol. The second kappa shape index (κ2) is 6.84. The third-order valence-electron chi connectivity index (χ3n) is 3.05. The number of aryl methyl sites for hydroxylation is 1. The molecule has 124 valence electrons. The van der Waals surface area contributed by atoms with Gasteiger partial charge in [-0.15, -0.1) is 0 Å². The molecule has 0 spiro atoms. The van der Waals surface area contributed by atoms with E-state index in [-0.39, 0.29) is 12.3 Å². The number of benzene rings is 1. The molecule has 0 unspecified atom stereocenters. The number of rotatable bonds is 4. The second-order valence-electron chi connectivity index (χ2n) is 4.84. The smallest absolute Gasteiger partial charge is 0.450 e. The largest absolute Gasteiger partial charge is 0.456 e. The zero-order valence-corrected chi connectivity index (χ0v) is 13.4. The first kappa shape index (κ1) is 17.7. The van der Waals surface area contributed by atoms with Gasteiger partial charge in [-0.1, -0.05) is 29.3 Å². The van der Waals surface area contributed by atoms with Crippen molar-refractivity contribution >= 4 is 29.1 Å². The standard InChI is InChI=1S/C15H12Cl2F3NO2/c1-8-6-11(13(23-8)15(18,19)20)14(22)21-5-4-9-2-3-10(16)7-12(9)17/h2-3,6-7H,4-5H2,1H3,(H,21,22). The van der Waals surface area contributed by atoms with Gasteiger partial charge in [-0.3, -0.25) is 4.79 Å². The number of carbonyl (C=O) groups is 1. The third kappa shape index (κ3) is 4.42. The van der Waals surface area contributed by atoms with Crippen LogP contribution in [0, 0.1) is 6.92 Å². The van der Waals surface area contributed by atoms with Crippen LogP contribution in [0.4, 0.5) is 13.2 Å². The van der Waals surface area contributed by atoms with E-state index < -0.39 is 23.4 Å². The molecular formula is C15H12Cl2F3NO2. The van der Waals surface area contributed by atoms with Gasteiger partial charge in [0.1, 0.15) is 5.76 Å². The highest BCUT2D eigenvalue weighted by atomic mass is 35.5. The van der Waals surface area contributed by atoms with E-state index in [2.05, 4.69) is 9.73 Å². The van der Waals surface area contributed by atoms with Crippen molar-refractivity contribution in [1.29, 1.82) is 0 Å². The van der Waals surface area contributed by atoms with Crippen molar-refractivity contribution in [2.75, 3.05) is 6.54 Å². The molecule has 0 aliphatic rings. The Labute approximate surface area is 140 Å². The van der Waals surface area contributed by atoms with E-state index in [1.54, 1.807) is 18.2 Å². The predicted molar refractivity (Wildman–Crippen MR) is 80.9 cm³/mol. The van der Waals surface area contributed by atoms with Crippen LogP contribution in [-0.2, 0) is 12.6 Å². The van der Waals surface area contributed by atoms with Crippen LogP contribution in [0.1, 0.15) is 27.4 Å². The maximum Gasteiger partial charge on any atom is 0.450 e. The van der Waals surface area contributed by atoms with Crippen LogP contribution in [-0.4, -0.2) is 12.5 Å². The Bertz CT molecular complexity index is 726. The maximum absolute atomic E-state index is 12.8. The van der Waals surface area contributed by atoms with Crippen molar-refractivity contribution < 1.29 is 22.4 Å². The number of alkyl halides is 3. The lowest BCUT2D eigenvalue weighted by Gasteiger charge is -2.08. The Morgan fingerprint density at radius 3 is 2.57 bits per heavy atom. The van der Waals surface area contributed by atoms with Crippen LogP contribution in [0.15, 0.2) is 28.7 Å². The maximum atomic E-state index is 12.8. The average molecular weight is 366 g/mol. The summed E-state index contributed by atoms with van der Waals surface area (Å²) in [5, 5.41) is 3.34. The summed E-state index contributed by atoms with van der Waals surface area (Å²) in [5.74, 6) is -2.13. The van der Waals surface area contributed by atoms with Crippen LogP contribution in [0.5, 0.6) is 0 Å². The van der Waals surface area contributed by atoms with Gasteiger partial charge < -0.3 is 9.73 Å². The summed E-state index contributed by atoms with van der Waals surface area (Å²) in [6.45, 7) is 1.47. The Morgan fingerprint density at radius 1 is 1.26 bits per heavy atom. The number of hydrogen-bond acceptors (Lipinski definition) is 2. The van der Waals surface area contributed by atoms with Gasteiger partial charge in [0, 0.05) is 16.6 Å². The summed E-state index contributed by atoms with van der Waals surface area (Å²) < 4.78 is 43.0. The highest BCUT2D eigenvalue weighted by molar-refractivity contribution is 6.35. The molecule has 0 atom stereocenters. The van der Waals surface area contributed by atoms with Crippen molar-refractivity contribution in [3.63, 3.8) is 0 Å². The van der Waals surface area contributed by atoms with Crippen molar-refractivity contribution in [2.45, 2.75) is 19.5 Å². The van der Waals surface area contributed by atoms with Crippen LogP contribution in [0.3, 0.4) is 0 Å². The van der Waals surface area contributed by atoms with Crippen molar-refractivity contribution in [3.05, 3.63) is 57.0 Å². The van der Waals surface area contributed by atoms with Crippen LogP contribution < -0.4 is 5.32 Å². The molecule has 0 fully saturated rings. The molecule has 1 N–H and O–H groups in total. The molecule has 1 heterocycles. The van der Waals surface area contributed by atoms with Gasteiger partial charge >= 0.3 is 6.18 Å². The van der Waals surface area contributed by atoms with E-state index >= 15 is 0 Å². The molecule has 0 radical (unpaired) electrons. The lowest BCUT2D eigenvalue weighted by atomic mass is 10.1. The third-order valence-corrected chi connectivity index (χ3v) is 3.64. The fourth-order valence-electron chi connectivity index (χ4n) is 2.02. The van der Waals surface area contributed by atoms with E-state index in [9.17, 15) is 18.0 Å². The van der Waals surface area contributed by atoms with E-state index in [0.717, 1.165) is 11.6 Å². The van der Waals surface area contributed by atoms with Crippen molar-refractivity contribution in [3.8, 4) is 0 Å². The molecule has 3 nitrogen and oxygen atoms in total. The fraction of sp³-hybridized carbons (Fsp3) is 0.267. The van der Waals surface area contributed by atoms with Gasteiger partial charge in [-0.05, 0) is 37.1 Å². The highest BCUT2D eigenvalue weighted by Crippen LogP contribution is 2.34. The normalized spacial score (nSPS) is 11.6. The second-order valence-corrected chi connectivity index (χ2v) is 5.68. The summed E-state index contributed by atoms with van der Waals surface area (Å²) in [6.07, 6.45) is -4.36. The van der Waals surface area contributed by atoms with Crippen LogP contribution in [0.2, 0.25) is 10.0 Å². The fourth-order valence-corrected chi connectivity index (χ4v) is 2.53. The topological polar surface area (TPSA) is 42.2 Å². The lowest BCUT2D eigenvalue weighted by molar-refractivity contribution is -0.153. The summed E-state index contributed by atoms with van der Waals surface area (Å²) in [6, 6.07) is 5.96. The molecule has 1 amide bonds. The van der Waals surface area contributed by atoms with Gasteiger partial charge in [-0.25, -0.2) is 0 Å². The number of furan rings is 1. The molecule has 1 aromatic carbocycles. The first-order valence-corrected chi connectivity index (χ1v) is 7.34. The number of amides is 1. The molecule has 2 aromatic rings. The Balaban J connectivity index is 2.03. The first-order valence-electron chi connectivity index (χ1n) is 6.58. The number of carbonyl (C=O) groups excluding carboxylic acids is 1. The van der Waals surface area contributed by atoms with Gasteiger partial charge in [-0.2, -0.15) is 13.2 Å². The number of halogens is 5. The summed E-state index contributed by atoms with van der Waals surface area (Å²) >= 11 is 11.8. The zero-order valence-electron chi connectivity index (χ0n) is 11.9. The minimum atomic E-state index is -4.72.